The van der Waals surface area contributed by atoms with E-state index in [0.29, 0.717) is 0 Å². The third-order valence-corrected chi connectivity index (χ3v) is 1.69. The number of aromatic nitrogens is 1. The van der Waals surface area contributed by atoms with Crippen LogP contribution >= 0.6 is 0 Å². The first-order valence-corrected chi connectivity index (χ1v) is 3.34. The van der Waals surface area contributed by atoms with Gasteiger partial charge >= 0.3 is 0 Å². The molecule has 1 aliphatic rings. The highest BCUT2D eigenvalue weighted by molar-refractivity contribution is 5.69. The summed E-state index contributed by atoms with van der Waals surface area (Å²) in [4.78, 5) is 3.24. The molecular weight excluding hydrogens is 122 g/mol. The summed E-state index contributed by atoms with van der Waals surface area (Å²) in [7, 11) is 0. The summed E-state index contributed by atoms with van der Waals surface area (Å²) >= 11 is 0. The Morgan fingerprint density at radius 1 is 1.40 bits per heavy atom. The molecule has 0 aliphatic heterocycles. The molecule has 1 N–H and O–H groups in total. The average molecular weight is 131 g/mol. The van der Waals surface area contributed by atoms with Gasteiger partial charge in [0.1, 0.15) is 0 Å². The quantitative estimate of drug-likeness (QED) is 0.526. The molecule has 0 saturated carbocycles. The van der Waals surface area contributed by atoms with Crippen LogP contribution in [0.5, 0.6) is 0 Å². The zero-order chi connectivity index (χ0) is 7.14. The van der Waals surface area contributed by atoms with Crippen LogP contribution in [0.25, 0.3) is 12.2 Å². The van der Waals surface area contributed by atoms with Gasteiger partial charge in [-0.25, -0.2) is 0 Å². The molecule has 0 bridgehead atoms. The van der Waals surface area contributed by atoms with Crippen molar-refractivity contribution in [1.82, 2.24) is 4.98 Å². The molecule has 0 fully saturated rings. The van der Waals surface area contributed by atoms with Crippen LogP contribution in [-0.4, -0.2) is 4.98 Å². The van der Waals surface area contributed by atoms with Gasteiger partial charge in [-0.3, -0.25) is 0 Å². The SMILES string of the molecule is C=C1C=c2cc(C)[nH]c2=C1. The fraction of sp³-hybridized carbons (Fsp3) is 0.111. The number of rotatable bonds is 0. The minimum Gasteiger partial charge on any atom is -0.359 e. The molecule has 1 heteroatoms. The van der Waals surface area contributed by atoms with Crippen molar-refractivity contribution < 1.29 is 0 Å². The van der Waals surface area contributed by atoms with Gasteiger partial charge in [0.25, 0.3) is 0 Å². The minimum atomic E-state index is 1.08. The lowest BCUT2D eigenvalue weighted by Crippen LogP contribution is -2.17. The Bertz CT molecular complexity index is 357. The van der Waals surface area contributed by atoms with Gasteiger partial charge in [0.15, 0.2) is 0 Å². The predicted octanol–water partition coefficient (Wildman–Crippen LogP) is 0.454. The van der Waals surface area contributed by atoms with Gasteiger partial charge in [-0.1, -0.05) is 6.58 Å². The van der Waals surface area contributed by atoms with Crippen molar-refractivity contribution in [2.24, 2.45) is 0 Å². The Hall–Kier alpha value is -1.24. The smallest absolute Gasteiger partial charge is 0.0462 e. The topological polar surface area (TPSA) is 15.8 Å². The van der Waals surface area contributed by atoms with Gasteiger partial charge in [-0.05, 0) is 30.7 Å². The summed E-state index contributed by atoms with van der Waals surface area (Å²) in [5.74, 6) is 0. The highest BCUT2D eigenvalue weighted by atomic mass is 14.7. The third-order valence-electron chi connectivity index (χ3n) is 1.69. The van der Waals surface area contributed by atoms with E-state index >= 15 is 0 Å². The average Bonchev–Trinajstić information content (AvgIpc) is 2.21. The fourth-order valence-electron chi connectivity index (χ4n) is 1.30. The van der Waals surface area contributed by atoms with Crippen LogP contribution < -0.4 is 10.6 Å². The number of fused-ring (bicyclic) bond motifs is 1. The van der Waals surface area contributed by atoms with Gasteiger partial charge in [-0.15, -0.1) is 0 Å². The standard InChI is InChI=1S/C9H9N/c1-6-3-8-5-7(2)10-9(8)4-6/h3-5,10H,1H2,2H3. The Balaban J connectivity index is 2.90. The number of hydrogen-bond acceptors (Lipinski definition) is 0. The van der Waals surface area contributed by atoms with Crippen molar-refractivity contribution in [3.05, 3.63) is 34.5 Å². The monoisotopic (exact) mass is 131 g/mol. The second-order valence-corrected chi connectivity index (χ2v) is 2.68. The molecule has 0 saturated heterocycles. The lowest BCUT2D eigenvalue weighted by atomic mass is 10.3. The molecular formula is C9H9N. The zero-order valence-corrected chi connectivity index (χ0v) is 5.94. The third kappa shape index (κ3) is 0.637. The predicted molar refractivity (Wildman–Crippen MR) is 42.8 cm³/mol. The van der Waals surface area contributed by atoms with Gasteiger partial charge in [0, 0.05) is 16.3 Å². The summed E-state index contributed by atoms with van der Waals surface area (Å²) in [6, 6.07) is 2.13. The van der Waals surface area contributed by atoms with E-state index in [1.165, 1.54) is 16.3 Å². The fourth-order valence-corrected chi connectivity index (χ4v) is 1.30. The van der Waals surface area contributed by atoms with Crippen LogP contribution in [-0.2, 0) is 0 Å². The molecule has 0 atom stereocenters. The normalized spacial score (nSPS) is 14.3. The largest absolute Gasteiger partial charge is 0.359 e. The van der Waals surface area contributed by atoms with Crippen LogP contribution in [0.15, 0.2) is 18.2 Å². The molecule has 1 heterocycles. The first-order valence-electron chi connectivity index (χ1n) is 3.34. The maximum absolute atomic E-state index is 3.84. The highest BCUT2D eigenvalue weighted by Gasteiger charge is 1.97. The van der Waals surface area contributed by atoms with Crippen LogP contribution in [0.3, 0.4) is 0 Å². The number of aryl methyl sites for hydroxylation is 1. The van der Waals surface area contributed by atoms with Crippen molar-refractivity contribution in [3.63, 3.8) is 0 Å². The highest BCUT2D eigenvalue weighted by Crippen LogP contribution is 1.97. The lowest BCUT2D eigenvalue weighted by molar-refractivity contribution is 1.22. The van der Waals surface area contributed by atoms with E-state index in [1.54, 1.807) is 0 Å². The van der Waals surface area contributed by atoms with Crippen LogP contribution in [0.1, 0.15) is 5.69 Å². The molecule has 0 unspecified atom stereocenters. The maximum atomic E-state index is 3.84. The Kier molecular flexibility index (Phi) is 0.901. The van der Waals surface area contributed by atoms with Crippen LogP contribution in [0.4, 0.5) is 0 Å². The lowest BCUT2D eigenvalue weighted by Gasteiger charge is -1.79. The number of hydrogen-bond donors (Lipinski definition) is 1. The number of aromatic amines is 1. The van der Waals surface area contributed by atoms with E-state index in [1.807, 2.05) is 0 Å². The Labute approximate surface area is 59.4 Å². The van der Waals surface area contributed by atoms with E-state index in [9.17, 15) is 0 Å². The van der Waals surface area contributed by atoms with Gasteiger partial charge < -0.3 is 4.98 Å². The summed E-state index contributed by atoms with van der Waals surface area (Å²) in [6.07, 6.45) is 4.14. The van der Waals surface area contributed by atoms with Gasteiger partial charge in [0.05, 0.1) is 0 Å². The number of H-pyrrole nitrogens is 1. The Morgan fingerprint density at radius 3 is 2.90 bits per heavy atom. The van der Waals surface area contributed by atoms with Crippen molar-refractivity contribution in [2.45, 2.75) is 6.92 Å². The number of allylic oxidation sites excluding steroid dienone is 1. The van der Waals surface area contributed by atoms with E-state index in [4.69, 9.17) is 0 Å². The Morgan fingerprint density at radius 2 is 2.20 bits per heavy atom. The molecule has 0 spiro atoms. The summed E-state index contributed by atoms with van der Waals surface area (Å²) < 4.78 is 0. The molecule has 0 amide bonds. The maximum Gasteiger partial charge on any atom is 0.0462 e. The molecule has 0 aromatic carbocycles. The second-order valence-electron chi connectivity index (χ2n) is 2.68. The van der Waals surface area contributed by atoms with Crippen LogP contribution in [0.2, 0.25) is 0 Å². The number of nitrogens with one attached hydrogen (secondary N) is 1. The van der Waals surface area contributed by atoms with Gasteiger partial charge in [-0.2, -0.15) is 0 Å². The van der Waals surface area contributed by atoms with Gasteiger partial charge in [0.2, 0.25) is 0 Å². The van der Waals surface area contributed by atoms with Crippen LogP contribution in [0, 0.1) is 6.92 Å². The van der Waals surface area contributed by atoms with Crippen molar-refractivity contribution in [2.75, 3.05) is 0 Å². The molecule has 1 nitrogen and oxygen atoms in total. The van der Waals surface area contributed by atoms with E-state index in [0.717, 1.165) is 5.57 Å². The van der Waals surface area contributed by atoms with Crippen molar-refractivity contribution >= 4 is 12.2 Å². The first kappa shape index (κ1) is 5.54. The molecule has 1 aromatic heterocycles. The minimum absolute atomic E-state index is 1.08. The first-order chi connectivity index (χ1) is 4.75. The second kappa shape index (κ2) is 1.63. The molecule has 50 valence electrons. The summed E-state index contributed by atoms with van der Waals surface area (Å²) in [5.41, 5.74) is 2.30. The van der Waals surface area contributed by atoms with Crippen molar-refractivity contribution in [3.8, 4) is 0 Å². The molecule has 2 rings (SSSR count). The summed E-state index contributed by atoms with van der Waals surface area (Å²) in [5, 5.41) is 2.46. The molecule has 1 aromatic rings. The zero-order valence-electron chi connectivity index (χ0n) is 5.94. The summed E-state index contributed by atoms with van der Waals surface area (Å²) in [6.45, 7) is 5.90. The van der Waals surface area contributed by atoms with E-state index < -0.39 is 0 Å². The van der Waals surface area contributed by atoms with E-state index in [-0.39, 0.29) is 0 Å². The molecule has 10 heavy (non-hydrogen) atoms. The van der Waals surface area contributed by atoms with E-state index in [2.05, 4.69) is 36.7 Å². The molecule has 1 aliphatic carbocycles. The molecule has 0 radical (unpaired) electrons. The van der Waals surface area contributed by atoms with Crippen molar-refractivity contribution in [1.29, 1.82) is 0 Å².